The lowest BCUT2D eigenvalue weighted by Crippen LogP contribution is -2.48. The summed E-state index contributed by atoms with van der Waals surface area (Å²) in [6.07, 6.45) is -0.236. The minimum atomic E-state index is -2.63. The first kappa shape index (κ1) is 12.6. The van der Waals surface area contributed by atoms with E-state index in [9.17, 15) is 13.6 Å². The second-order valence-electron chi connectivity index (χ2n) is 4.57. The molecule has 2 nitrogen and oxygen atoms in total. The second-order valence-corrected chi connectivity index (χ2v) is 4.57. The van der Waals surface area contributed by atoms with Crippen molar-refractivity contribution in [2.75, 3.05) is 7.11 Å². The third-order valence-corrected chi connectivity index (χ3v) is 3.15. The Hall–Kier alpha value is -0.510. The fraction of sp³-hybridized carbons (Fsp3) is 0.909. The van der Waals surface area contributed by atoms with E-state index in [1.807, 2.05) is 0 Å². The Balaban J connectivity index is 2.77. The maximum absolute atomic E-state index is 13.0. The van der Waals surface area contributed by atoms with E-state index in [0.717, 1.165) is 0 Å². The van der Waals surface area contributed by atoms with Crippen LogP contribution in [0.3, 0.4) is 0 Å². The first-order valence-electron chi connectivity index (χ1n) is 5.30. The third kappa shape index (κ3) is 2.54. The van der Waals surface area contributed by atoms with Crippen LogP contribution in [0.4, 0.5) is 8.78 Å². The zero-order chi connectivity index (χ0) is 11.7. The number of hydrogen-bond donors (Lipinski definition) is 0. The number of halogens is 2. The number of Topliss-reactive ketones (excluding diaryl/α,β-unsaturated/α-hetero) is 1. The Kier molecular flexibility index (Phi) is 3.48. The molecule has 0 aromatic rings. The zero-order valence-electron chi connectivity index (χ0n) is 9.48. The molecule has 0 aliphatic heterocycles. The van der Waals surface area contributed by atoms with Gasteiger partial charge in [-0.2, -0.15) is 0 Å². The fourth-order valence-electron chi connectivity index (χ4n) is 2.10. The number of carbonyl (C=O) groups excluding carboxylic acids is 1. The van der Waals surface area contributed by atoms with Gasteiger partial charge in [-0.15, -0.1) is 0 Å². The monoisotopic (exact) mass is 220 g/mol. The quantitative estimate of drug-likeness (QED) is 0.731. The van der Waals surface area contributed by atoms with E-state index in [1.165, 1.54) is 7.11 Å². The molecule has 88 valence electrons. The van der Waals surface area contributed by atoms with Gasteiger partial charge < -0.3 is 4.74 Å². The number of carbonyl (C=O) groups is 1. The predicted octanol–water partition coefficient (Wildman–Crippen LogP) is 2.81. The highest BCUT2D eigenvalue weighted by molar-refractivity contribution is 5.89. The summed E-state index contributed by atoms with van der Waals surface area (Å²) in [5.41, 5.74) is -0.962. The summed E-state index contributed by atoms with van der Waals surface area (Å²) in [5, 5.41) is 0. The molecule has 0 amide bonds. The van der Waals surface area contributed by atoms with Gasteiger partial charge in [-0.3, -0.25) is 4.79 Å². The van der Waals surface area contributed by atoms with Gasteiger partial charge >= 0.3 is 0 Å². The molecule has 0 spiro atoms. The van der Waals surface area contributed by atoms with Crippen LogP contribution in [-0.2, 0) is 9.53 Å². The molecular formula is C11H18F2O2. The van der Waals surface area contributed by atoms with Crippen molar-refractivity contribution >= 4 is 5.78 Å². The van der Waals surface area contributed by atoms with Gasteiger partial charge in [0.1, 0.15) is 5.60 Å². The molecule has 0 radical (unpaired) electrons. The maximum Gasteiger partial charge on any atom is 0.248 e. The SMILES string of the molecule is COC1(C(=O)C(C)C)CCC(F)(F)CC1. The number of hydrogen-bond acceptors (Lipinski definition) is 2. The Morgan fingerprint density at radius 1 is 1.20 bits per heavy atom. The molecule has 0 atom stereocenters. The summed E-state index contributed by atoms with van der Waals surface area (Å²) in [7, 11) is 1.43. The van der Waals surface area contributed by atoms with E-state index in [1.54, 1.807) is 13.8 Å². The maximum atomic E-state index is 13.0. The summed E-state index contributed by atoms with van der Waals surface area (Å²) < 4.78 is 31.2. The molecule has 1 aliphatic rings. The van der Waals surface area contributed by atoms with Gasteiger partial charge in [0.15, 0.2) is 5.78 Å². The topological polar surface area (TPSA) is 26.3 Å². The van der Waals surface area contributed by atoms with Crippen molar-refractivity contribution in [1.82, 2.24) is 0 Å². The average Bonchev–Trinajstić information content (AvgIpc) is 2.18. The van der Waals surface area contributed by atoms with E-state index in [0.29, 0.717) is 0 Å². The van der Waals surface area contributed by atoms with Crippen molar-refractivity contribution in [2.45, 2.75) is 51.1 Å². The molecule has 4 heteroatoms. The van der Waals surface area contributed by atoms with E-state index in [2.05, 4.69) is 0 Å². The Bertz CT molecular complexity index is 239. The van der Waals surface area contributed by atoms with Crippen LogP contribution in [0, 0.1) is 5.92 Å². The number of methoxy groups -OCH3 is 1. The van der Waals surface area contributed by atoms with Crippen LogP contribution in [0.1, 0.15) is 39.5 Å². The molecule has 0 bridgehead atoms. The highest BCUT2D eigenvalue weighted by Crippen LogP contribution is 2.41. The van der Waals surface area contributed by atoms with E-state index < -0.39 is 11.5 Å². The summed E-state index contributed by atoms with van der Waals surface area (Å²) in [5.74, 6) is -2.85. The van der Waals surface area contributed by atoms with Gasteiger partial charge in [-0.1, -0.05) is 13.8 Å². The minimum absolute atomic E-state index is 0.0551. The zero-order valence-corrected chi connectivity index (χ0v) is 9.48. The number of ether oxygens (including phenoxy) is 1. The van der Waals surface area contributed by atoms with Crippen LogP contribution < -0.4 is 0 Å². The standard InChI is InChI=1S/C11H18F2O2/c1-8(2)9(14)10(15-3)4-6-11(12,13)7-5-10/h8H,4-7H2,1-3H3. The lowest BCUT2D eigenvalue weighted by molar-refractivity contribution is -0.160. The van der Waals surface area contributed by atoms with Gasteiger partial charge in [0.05, 0.1) is 0 Å². The van der Waals surface area contributed by atoms with E-state index >= 15 is 0 Å². The molecule has 0 aromatic carbocycles. The average molecular weight is 220 g/mol. The number of ketones is 1. The van der Waals surface area contributed by atoms with Gasteiger partial charge in [0.25, 0.3) is 0 Å². The van der Waals surface area contributed by atoms with Gasteiger partial charge in [0.2, 0.25) is 5.92 Å². The van der Waals surface area contributed by atoms with Crippen LogP contribution in [-0.4, -0.2) is 24.4 Å². The largest absolute Gasteiger partial charge is 0.370 e. The lowest BCUT2D eigenvalue weighted by atomic mass is 9.77. The van der Waals surface area contributed by atoms with Crippen molar-refractivity contribution in [3.05, 3.63) is 0 Å². The van der Waals surface area contributed by atoms with Gasteiger partial charge in [-0.05, 0) is 12.8 Å². The van der Waals surface area contributed by atoms with Crippen molar-refractivity contribution < 1.29 is 18.3 Å². The smallest absolute Gasteiger partial charge is 0.248 e. The highest BCUT2D eigenvalue weighted by Gasteiger charge is 2.48. The molecule has 0 heterocycles. The Morgan fingerprint density at radius 3 is 2.00 bits per heavy atom. The summed E-state index contributed by atoms with van der Waals surface area (Å²) in [6.45, 7) is 3.55. The third-order valence-electron chi connectivity index (χ3n) is 3.15. The number of rotatable bonds is 3. The first-order chi connectivity index (χ1) is 6.83. The summed E-state index contributed by atoms with van der Waals surface area (Å²) in [4.78, 5) is 11.9. The van der Waals surface area contributed by atoms with E-state index in [-0.39, 0.29) is 37.4 Å². The minimum Gasteiger partial charge on any atom is -0.370 e. The van der Waals surface area contributed by atoms with Crippen LogP contribution in [0.25, 0.3) is 0 Å². The molecular weight excluding hydrogens is 202 g/mol. The van der Waals surface area contributed by atoms with Crippen molar-refractivity contribution in [3.63, 3.8) is 0 Å². The normalized spacial score (nSPS) is 24.1. The molecule has 0 unspecified atom stereocenters. The fourth-order valence-corrected chi connectivity index (χ4v) is 2.10. The van der Waals surface area contributed by atoms with Crippen molar-refractivity contribution in [3.8, 4) is 0 Å². The Morgan fingerprint density at radius 2 is 1.67 bits per heavy atom. The molecule has 1 saturated carbocycles. The van der Waals surface area contributed by atoms with Crippen LogP contribution in [0.2, 0.25) is 0 Å². The summed E-state index contributed by atoms with van der Waals surface area (Å²) in [6, 6.07) is 0. The van der Waals surface area contributed by atoms with E-state index in [4.69, 9.17) is 4.74 Å². The molecule has 1 aliphatic carbocycles. The van der Waals surface area contributed by atoms with Crippen LogP contribution in [0.5, 0.6) is 0 Å². The van der Waals surface area contributed by atoms with Gasteiger partial charge in [-0.25, -0.2) is 8.78 Å². The molecule has 0 saturated heterocycles. The Labute approximate surface area is 89.0 Å². The molecule has 1 rings (SSSR count). The summed E-state index contributed by atoms with van der Waals surface area (Å²) >= 11 is 0. The predicted molar refractivity (Wildman–Crippen MR) is 53.0 cm³/mol. The molecule has 1 fully saturated rings. The first-order valence-corrected chi connectivity index (χ1v) is 5.30. The van der Waals surface area contributed by atoms with Gasteiger partial charge in [0, 0.05) is 25.9 Å². The van der Waals surface area contributed by atoms with Crippen molar-refractivity contribution in [1.29, 1.82) is 0 Å². The molecule has 15 heavy (non-hydrogen) atoms. The highest BCUT2D eigenvalue weighted by atomic mass is 19.3. The second kappa shape index (κ2) is 4.16. The van der Waals surface area contributed by atoms with Crippen LogP contribution >= 0.6 is 0 Å². The molecule has 0 aromatic heterocycles. The molecule has 0 N–H and O–H groups in total. The van der Waals surface area contributed by atoms with Crippen LogP contribution in [0.15, 0.2) is 0 Å². The van der Waals surface area contributed by atoms with Crippen molar-refractivity contribution in [2.24, 2.45) is 5.92 Å². The number of alkyl halides is 2. The lowest BCUT2D eigenvalue weighted by Gasteiger charge is -2.38.